The maximum absolute atomic E-state index is 12.1. The van der Waals surface area contributed by atoms with Crippen molar-refractivity contribution in [2.75, 3.05) is 30.1 Å². The second-order valence-corrected chi connectivity index (χ2v) is 6.39. The van der Waals surface area contributed by atoms with E-state index < -0.39 is 0 Å². The predicted octanol–water partition coefficient (Wildman–Crippen LogP) is 3.45. The van der Waals surface area contributed by atoms with Gasteiger partial charge in [-0.2, -0.15) is 0 Å². The molecule has 134 valence electrons. The van der Waals surface area contributed by atoms with Crippen LogP contribution in [0.4, 0.5) is 11.5 Å². The molecular formula is C20H21N3O3. The van der Waals surface area contributed by atoms with E-state index in [0.29, 0.717) is 11.4 Å². The molecule has 0 saturated carbocycles. The van der Waals surface area contributed by atoms with Gasteiger partial charge < -0.3 is 19.7 Å². The van der Waals surface area contributed by atoms with Gasteiger partial charge in [0.25, 0.3) is 0 Å². The van der Waals surface area contributed by atoms with E-state index in [4.69, 9.17) is 9.47 Å². The topological polar surface area (TPSA) is 63.7 Å². The molecule has 0 atom stereocenters. The first-order valence-electron chi connectivity index (χ1n) is 8.88. The van der Waals surface area contributed by atoms with Gasteiger partial charge in [-0.15, -0.1) is 0 Å². The zero-order chi connectivity index (χ0) is 17.8. The lowest BCUT2D eigenvalue weighted by atomic mass is 10.1. The van der Waals surface area contributed by atoms with Crippen LogP contribution >= 0.6 is 0 Å². The van der Waals surface area contributed by atoms with Crippen molar-refractivity contribution in [3.63, 3.8) is 0 Å². The zero-order valence-corrected chi connectivity index (χ0v) is 14.5. The molecule has 2 aromatic rings. The average Bonchev–Trinajstić information content (AvgIpc) is 3.15. The predicted molar refractivity (Wildman–Crippen MR) is 101 cm³/mol. The molecule has 1 aromatic heterocycles. The maximum Gasteiger partial charge on any atom is 0.248 e. The molecule has 1 amide bonds. The van der Waals surface area contributed by atoms with Gasteiger partial charge in [0.05, 0.1) is 11.9 Å². The van der Waals surface area contributed by atoms with Crippen LogP contribution in [-0.4, -0.2) is 30.8 Å². The molecule has 0 spiro atoms. The highest BCUT2D eigenvalue weighted by Gasteiger charge is 2.13. The van der Waals surface area contributed by atoms with E-state index in [2.05, 4.69) is 15.2 Å². The van der Waals surface area contributed by atoms with Crippen molar-refractivity contribution < 1.29 is 14.3 Å². The van der Waals surface area contributed by atoms with E-state index in [1.54, 1.807) is 12.3 Å². The number of amides is 1. The molecule has 0 unspecified atom stereocenters. The second-order valence-electron chi connectivity index (χ2n) is 6.39. The minimum atomic E-state index is -0.199. The van der Waals surface area contributed by atoms with Gasteiger partial charge in [-0.25, -0.2) is 4.98 Å². The Labute approximate surface area is 152 Å². The number of anilines is 2. The van der Waals surface area contributed by atoms with Crippen LogP contribution < -0.4 is 19.7 Å². The lowest BCUT2D eigenvalue weighted by Gasteiger charge is -2.27. The molecule has 1 saturated heterocycles. The van der Waals surface area contributed by atoms with Gasteiger partial charge in [0.2, 0.25) is 12.7 Å². The molecule has 2 aliphatic rings. The van der Waals surface area contributed by atoms with Gasteiger partial charge in [0, 0.05) is 19.2 Å². The fraction of sp³-hybridized carbons (Fsp3) is 0.300. The lowest BCUT2D eigenvalue weighted by molar-refractivity contribution is -0.111. The van der Waals surface area contributed by atoms with Gasteiger partial charge in [-0.3, -0.25) is 4.79 Å². The Morgan fingerprint density at radius 1 is 1.08 bits per heavy atom. The molecule has 0 bridgehead atoms. The van der Waals surface area contributed by atoms with Crippen LogP contribution in [-0.2, 0) is 4.79 Å². The van der Waals surface area contributed by atoms with Gasteiger partial charge >= 0.3 is 0 Å². The zero-order valence-electron chi connectivity index (χ0n) is 14.5. The van der Waals surface area contributed by atoms with Gasteiger partial charge in [0.1, 0.15) is 5.82 Å². The molecule has 4 rings (SSSR count). The van der Waals surface area contributed by atoms with Crippen LogP contribution in [0.25, 0.3) is 6.08 Å². The normalized spacial score (nSPS) is 16.1. The Bertz CT molecular complexity index is 812. The van der Waals surface area contributed by atoms with E-state index in [1.807, 2.05) is 30.3 Å². The Morgan fingerprint density at radius 2 is 1.92 bits per heavy atom. The SMILES string of the molecule is O=C(C=Cc1ccc2c(c1)OCO2)Nc1ccc(N2CCCCC2)nc1. The highest BCUT2D eigenvalue weighted by atomic mass is 16.7. The highest BCUT2D eigenvalue weighted by Crippen LogP contribution is 2.32. The first-order valence-corrected chi connectivity index (χ1v) is 8.88. The number of piperidine rings is 1. The van der Waals surface area contributed by atoms with Crippen molar-refractivity contribution in [3.05, 3.63) is 48.2 Å². The Kier molecular flexibility index (Phi) is 4.73. The molecule has 26 heavy (non-hydrogen) atoms. The number of nitrogens with one attached hydrogen (secondary N) is 1. The smallest absolute Gasteiger partial charge is 0.248 e. The number of pyridine rings is 1. The van der Waals surface area contributed by atoms with Crippen LogP contribution in [0, 0.1) is 0 Å². The van der Waals surface area contributed by atoms with E-state index in [1.165, 1.54) is 25.3 Å². The van der Waals surface area contributed by atoms with Crippen molar-refractivity contribution in [2.24, 2.45) is 0 Å². The van der Waals surface area contributed by atoms with Crippen LogP contribution in [0.15, 0.2) is 42.6 Å². The molecule has 0 radical (unpaired) electrons. The third kappa shape index (κ3) is 3.79. The Balaban J connectivity index is 1.35. The molecule has 0 aliphatic carbocycles. The van der Waals surface area contributed by atoms with E-state index in [9.17, 15) is 4.79 Å². The Hall–Kier alpha value is -3.02. The number of fused-ring (bicyclic) bond motifs is 1. The first kappa shape index (κ1) is 16.4. The number of carbonyl (C=O) groups is 1. The summed E-state index contributed by atoms with van der Waals surface area (Å²) in [7, 11) is 0. The first-order chi connectivity index (χ1) is 12.8. The summed E-state index contributed by atoms with van der Waals surface area (Å²) in [6.45, 7) is 2.34. The molecule has 1 fully saturated rings. The molecule has 1 aromatic carbocycles. The van der Waals surface area contributed by atoms with Crippen molar-refractivity contribution in [1.29, 1.82) is 0 Å². The molecule has 1 N–H and O–H groups in total. The second kappa shape index (κ2) is 7.47. The third-order valence-corrected chi connectivity index (χ3v) is 4.52. The standard InChI is InChI=1S/C20H21N3O3/c24-20(9-5-15-4-7-17-18(12-15)26-14-25-17)22-16-6-8-19(21-13-16)23-10-2-1-3-11-23/h4-9,12-13H,1-3,10-11,14H2,(H,22,24). The summed E-state index contributed by atoms with van der Waals surface area (Å²) in [5.74, 6) is 2.20. The van der Waals surface area contributed by atoms with E-state index in [0.717, 1.165) is 30.2 Å². The molecule has 6 nitrogen and oxygen atoms in total. The fourth-order valence-corrected chi connectivity index (χ4v) is 3.14. The number of nitrogens with zero attached hydrogens (tertiary/aromatic N) is 2. The minimum absolute atomic E-state index is 0.199. The number of hydrogen-bond acceptors (Lipinski definition) is 5. The average molecular weight is 351 g/mol. The quantitative estimate of drug-likeness (QED) is 0.855. The summed E-state index contributed by atoms with van der Waals surface area (Å²) >= 11 is 0. The van der Waals surface area contributed by atoms with Gasteiger partial charge in [-0.1, -0.05) is 6.07 Å². The van der Waals surface area contributed by atoms with Crippen LogP contribution in [0.2, 0.25) is 0 Å². The number of carbonyl (C=O) groups excluding carboxylic acids is 1. The van der Waals surface area contributed by atoms with Crippen LogP contribution in [0.5, 0.6) is 11.5 Å². The summed E-state index contributed by atoms with van der Waals surface area (Å²) in [5.41, 5.74) is 1.56. The summed E-state index contributed by atoms with van der Waals surface area (Å²) in [6.07, 6.45) is 8.66. The number of aromatic nitrogens is 1. The van der Waals surface area contributed by atoms with Gasteiger partial charge in [0.15, 0.2) is 11.5 Å². The van der Waals surface area contributed by atoms with Crippen molar-refractivity contribution >= 4 is 23.5 Å². The Morgan fingerprint density at radius 3 is 2.73 bits per heavy atom. The number of benzene rings is 1. The van der Waals surface area contributed by atoms with Gasteiger partial charge in [-0.05, 0) is 55.2 Å². The molecule has 3 heterocycles. The van der Waals surface area contributed by atoms with E-state index in [-0.39, 0.29) is 12.7 Å². The number of rotatable bonds is 4. The minimum Gasteiger partial charge on any atom is -0.454 e. The van der Waals surface area contributed by atoms with Crippen molar-refractivity contribution in [1.82, 2.24) is 4.98 Å². The molecule has 2 aliphatic heterocycles. The highest BCUT2D eigenvalue weighted by molar-refractivity contribution is 6.01. The monoisotopic (exact) mass is 351 g/mol. The molecular weight excluding hydrogens is 330 g/mol. The summed E-state index contributed by atoms with van der Waals surface area (Å²) in [6, 6.07) is 9.42. The summed E-state index contributed by atoms with van der Waals surface area (Å²) in [4.78, 5) is 18.9. The largest absolute Gasteiger partial charge is 0.454 e. The maximum atomic E-state index is 12.1. The van der Waals surface area contributed by atoms with Crippen LogP contribution in [0.1, 0.15) is 24.8 Å². The number of ether oxygens (including phenoxy) is 2. The number of hydrogen-bond donors (Lipinski definition) is 1. The van der Waals surface area contributed by atoms with E-state index >= 15 is 0 Å². The lowest BCUT2D eigenvalue weighted by Crippen LogP contribution is -2.30. The van der Waals surface area contributed by atoms with Crippen molar-refractivity contribution in [3.8, 4) is 11.5 Å². The summed E-state index contributed by atoms with van der Waals surface area (Å²) in [5, 5.41) is 2.83. The van der Waals surface area contributed by atoms with Crippen molar-refractivity contribution in [2.45, 2.75) is 19.3 Å². The molecule has 6 heteroatoms. The fourth-order valence-electron chi connectivity index (χ4n) is 3.14. The van der Waals surface area contributed by atoms with Crippen LogP contribution in [0.3, 0.4) is 0 Å². The third-order valence-electron chi connectivity index (χ3n) is 4.52. The summed E-state index contributed by atoms with van der Waals surface area (Å²) < 4.78 is 10.6.